The van der Waals surface area contributed by atoms with Gasteiger partial charge in [0.15, 0.2) is 0 Å². The predicted octanol–water partition coefficient (Wildman–Crippen LogP) is 1.50. The summed E-state index contributed by atoms with van der Waals surface area (Å²) in [7, 11) is -1.62. The van der Waals surface area contributed by atoms with Gasteiger partial charge in [-0.3, -0.25) is 0 Å². The van der Waals surface area contributed by atoms with Crippen molar-refractivity contribution in [2.45, 2.75) is 56.8 Å². The molecule has 0 amide bonds. The Bertz CT molecular complexity index is 679. The summed E-state index contributed by atoms with van der Waals surface area (Å²) >= 11 is 0. The average Bonchev–Trinajstić information content (AvgIpc) is 2.91. The van der Waals surface area contributed by atoms with Crippen molar-refractivity contribution in [3.8, 4) is 0 Å². The SMILES string of the molecule is CN(C1CC2CCC(C1)N2)S(=O)(=O)N1CCc2ccccc2C1. The van der Waals surface area contributed by atoms with Gasteiger partial charge in [0.1, 0.15) is 0 Å². The fourth-order valence-corrected chi connectivity index (χ4v) is 5.90. The van der Waals surface area contributed by atoms with Crippen LogP contribution in [0.4, 0.5) is 0 Å². The van der Waals surface area contributed by atoms with Gasteiger partial charge in [0.25, 0.3) is 10.2 Å². The minimum atomic E-state index is -3.38. The quantitative estimate of drug-likeness (QED) is 0.911. The maximum absolute atomic E-state index is 13.1. The van der Waals surface area contributed by atoms with Crippen LogP contribution in [-0.4, -0.2) is 48.7 Å². The molecule has 1 aromatic rings. The molecule has 126 valence electrons. The van der Waals surface area contributed by atoms with Crippen LogP contribution in [0.25, 0.3) is 0 Å². The molecule has 2 unspecified atom stereocenters. The second kappa shape index (κ2) is 5.84. The smallest absolute Gasteiger partial charge is 0.282 e. The zero-order valence-corrected chi connectivity index (χ0v) is 14.4. The Kier molecular flexibility index (Phi) is 3.96. The first-order chi connectivity index (χ1) is 11.0. The molecule has 4 rings (SSSR count). The molecule has 0 aromatic heterocycles. The molecule has 2 atom stereocenters. The van der Waals surface area contributed by atoms with Crippen LogP contribution in [0.5, 0.6) is 0 Å². The summed E-state index contributed by atoms with van der Waals surface area (Å²) in [5.74, 6) is 0. The van der Waals surface area contributed by atoms with Crippen LogP contribution in [0.1, 0.15) is 36.8 Å². The lowest BCUT2D eigenvalue weighted by atomic mass is 10.0. The van der Waals surface area contributed by atoms with E-state index in [2.05, 4.69) is 11.4 Å². The molecule has 2 bridgehead atoms. The second-order valence-corrected chi connectivity index (χ2v) is 9.13. The van der Waals surface area contributed by atoms with Crippen molar-refractivity contribution in [1.29, 1.82) is 0 Å². The Labute approximate surface area is 138 Å². The van der Waals surface area contributed by atoms with E-state index in [1.165, 1.54) is 18.4 Å². The number of benzene rings is 1. The number of hydrogen-bond acceptors (Lipinski definition) is 3. The van der Waals surface area contributed by atoms with Gasteiger partial charge < -0.3 is 5.32 Å². The van der Waals surface area contributed by atoms with E-state index in [-0.39, 0.29) is 6.04 Å². The lowest BCUT2D eigenvalue weighted by molar-refractivity contribution is 0.233. The number of rotatable bonds is 3. The third-order valence-electron chi connectivity index (χ3n) is 5.75. The lowest BCUT2D eigenvalue weighted by Gasteiger charge is -2.38. The largest absolute Gasteiger partial charge is 0.311 e. The summed E-state index contributed by atoms with van der Waals surface area (Å²) in [5.41, 5.74) is 2.42. The van der Waals surface area contributed by atoms with Crippen LogP contribution in [0.2, 0.25) is 0 Å². The molecule has 1 N–H and O–H groups in total. The maximum Gasteiger partial charge on any atom is 0.282 e. The number of fused-ring (bicyclic) bond motifs is 3. The van der Waals surface area contributed by atoms with Gasteiger partial charge in [-0.15, -0.1) is 0 Å². The van der Waals surface area contributed by atoms with E-state index in [0.29, 0.717) is 25.2 Å². The van der Waals surface area contributed by atoms with E-state index in [4.69, 9.17) is 0 Å². The van der Waals surface area contributed by atoms with Crippen LogP contribution < -0.4 is 5.32 Å². The van der Waals surface area contributed by atoms with Crippen LogP contribution >= 0.6 is 0 Å². The van der Waals surface area contributed by atoms with Crippen molar-refractivity contribution in [1.82, 2.24) is 13.9 Å². The summed E-state index contributed by atoms with van der Waals surface area (Å²) in [5, 5.41) is 3.58. The fourth-order valence-electron chi connectivity index (χ4n) is 4.36. The molecular weight excluding hydrogens is 310 g/mol. The first-order valence-electron chi connectivity index (χ1n) is 8.60. The van der Waals surface area contributed by atoms with Crippen LogP contribution in [0.15, 0.2) is 24.3 Å². The zero-order valence-electron chi connectivity index (χ0n) is 13.6. The summed E-state index contributed by atoms with van der Waals surface area (Å²) in [6, 6.07) is 9.30. The minimum Gasteiger partial charge on any atom is -0.311 e. The highest BCUT2D eigenvalue weighted by Gasteiger charge is 2.40. The van der Waals surface area contributed by atoms with Crippen molar-refractivity contribution < 1.29 is 8.42 Å². The van der Waals surface area contributed by atoms with Gasteiger partial charge in [-0.25, -0.2) is 0 Å². The van der Waals surface area contributed by atoms with E-state index in [1.54, 1.807) is 15.7 Å². The molecule has 5 nitrogen and oxygen atoms in total. The minimum absolute atomic E-state index is 0.135. The molecule has 2 fully saturated rings. The van der Waals surface area contributed by atoms with Gasteiger partial charge in [0.2, 0.25) is 0 Å². The molecule has 23 heavy (non-hydrogen) atoms. The summed E-state index contributed by atoms with van der Waals surface area (Å²) < 4.78 is 29.4. The molecule has 0 spiro atoms. The average molecular weight is 335 g/mol. The standard InChI is InChI=1S/C17H25N3O2S/c1-19(17-10-15-6-7-16(11-17)18-15)23(21,22)20-9-8-13-4-2-3-5-14(13)12-20/h2-5,15-18H,6-12H2,1H3. The highest BCUT2D eigenvalue weighted by atomic mass is 32.2. The van der Waals surface area contributed by atoms with E-state index in [1.807, 2.05) is 18.2 Å². The topological polar surface area (TPSA) is 52.7 Å². The van der Waals surface area contributed by atoms with Gasteiger partial charge in [-0.2, -0.15) is 17.0 Å². The third-order valence-corrected chi connectivity index (χ3v) is 7.74. The van der Waals surface area contributed by atoms with Crippen LogP contribution in [0.3, 0.4) is 0 Å². The Morgan fingerprint density at radius 1 is 1.13 bits per heavy atom. The predicted molar refractivity (Wildman–Crippen MR) is 90.2 cm³/mol. The normalized spacial score (nSPS) is 31.3. The van der Waals surface area contributed by atoms with Crippen LogP contribution in [0, 0.1) is 0 Å². The monoisotopic (exact) mass is 335 g/mol. The highest BCUT2D eigenvalue weighted by Crippen LogP contribution is 2.31. The Morgan fingerprint density at radius 2 is 1.78 bits per heavy atom. The Balaban J connectivity index is 1.51. The molecule has 2 saturated heterocycles. The third kappa shape index (κ3) is 2.82. The van der Waals surface area contributed by atoms with Crippen molar-refractivity contribution in [3.63, 3.8) is 0 Å². The van der Waals surface area contributed by atoms with Gasteiger partial charge >= 0.3 is 0 Å². The van der Waals surface area contributed by atoms with Crippen LogP contribution in [-0.2, 0) is 23.2 Å². The van der Waals surface area contributed by atoms with E-state index in [0.717, 1.165) is 24.8 Å². The highest BCUT2D eigenvalue weighted by molar-refractivity contribution is 7.86. The van der Waals surface area contributed by atoms with Crippen molar-refractivity contribution in [2.24, 2.45) is 0 Å². The summed E-state index contributed by atoms with van der Waals surface area (Å²) in [4.78, 5) is 0. The molecule has 0 saturated carbocycles. The Morgan fingerprint density at radius 3 is 2.48 bits per heavy atom. The van der Waals surface area contributed by atoms with E-state index in [9.17, 15) is 8.42 Å². The first kappa shape index (κ1) is 15.6. The second-order valence-electron chi connectivity index (χ2n) is 7.14. The molecule has 3 aliphatic rings. The molecule has 3 aliphatic heterocycles. The number of piperidine rings is 1. The number of nitrogens with zero attached hydrogens (tertiary/aromatic N) is 2. The van der Waals surface area contributed by atoms with Gasteiger partial charge in [0.05, 0.1) is 0 Å². The van der Waals surface area contributed by atoms with Crippen molar-refractivity contribution >= 4 is 10.2 Å². The van der Waals surface area contributed by atoms with Gasteiger partial charge in [-0.05, 0) is 43.2 Å². The summed E-state index contributed by atoms with van der Waals surface area (Å²) in [6.07, 6.45) is 5.06. The number of hydrogen-bond donors (Lipinski definition) is 1. The van der Waals surface area contributed by atoms with Gasteiger partial charge in [-0.1, -0.05) is 24.3 Å². The maximum atomic E-state index is 13.1. The van der Waals surface area contributed by atoms with Crippen molar-refractivity contribution in [2.75, 3.05) is 13.6 Å². The fraction of sp³-hybridized carbons (Fsp3) is 0.647. The lowest BCUT2D eigenvalue weighted by Crippen LogP contribution is -2.53. The first-order valence-corrected chi connectivity index (χ1v) is 9.99. The van der Waals surface area contributed by atoms with E-state index >= 15 is 0 Å². The molecular formula is C17H25N3O2S. The molecule has 6 heteroatoms. The molecule has 0 radical (unpaired) electrons. The van der Waals surface area contributed by atoms with E-state index < -0.39 is 10.2 Å². The number of nitrogens with one attached hydrogen (secondary N) is 1. The Hall–Kier alpha value is -0.950. The zero-order chi connectivity index (χ0) is 16.0. The molecule has 1 aromatic carbocycles. The van der Waals surface area contributed by atoms with Crippen molar-refractivity contribution in [3.05, 3.63) is 35.4 Å². The van der Waals surface area contributed by atoms with Gasteiger partial charge in [0, 0.05) is 38.3 Å². The summed E-state index contributed by atoms with van der Waals surface area (Å²) in [6.45, 7) is 1.09. The molecule has 3 heterocycles. The molecule has 0 aliphatic carbocycles.